The topological polar surface area (TPSA) is 40.5 Å². The summed E-state index contributed by atoms with van der Waals surface area (Å²) in [6.07, 6.45) is 1.24. The summed E-state index contributed by atoms with van der Waals surface area (Å²) < 4.78 is 0. The van der Waals surface area contributed by atoms with Crippen LogP contribution in [-0.2, 0) is 11.2 Å². The van der Waals surface area contributed by atoms with Crippen molar-refractivity contribution in [1.29, 1.82) is 0 Å². The SMILES string of the molecule is O=C(Cc1ccccc1Cl)N1CC[C@H](CO)C1. The molecule has 92 valence electrons. The molecule has 0 bridgehead atoms. The van der Waals surface area contributed by atoms with Gasteiger partial charge in [-0.25, -0.2) is 0 Å². The Hall–Kier alpha value is -1.06. The molecule has 1 aliphatic heterocycles. The summed E-state index contributed by atoms with van der Waals surface area (Å²) >= 11 is 6.02. The minimum absolute atomic E-state index is 0.0917. The molecule has 1 amide bonds. The molecule has 0 aliphatic carbocycles. The van der Waals surface area contributed by atoms with Crippen LogP contribution in [0.25, 0.3) is 0 Å². The molecule has 1 atom stereocenters. The van der Waals surface area contributed by atoms with E-state index in [4.69, 9.17) is 16.7 Å². The highest BCUT2D eigenvalue weighted by Gasteiger charge is 2.25. The average Bonchev–Trinajstić information content (AvgIpc) is 2.81. The summed E-state index contributed by atoms with van der Waals surface area (Å²) in [4.78, 5) is 13.8. The van der Waals surface area contributed by atoms with Crippen LogP contribution in [0.15, 0.2) is 24.3 Å². The van der Waals surface area contributed by atoms with E-state index in [2.05, 4.69) is 0 Å². The van der Waals surface area contributed by atoms with Gasteiger partial charge in [0.2, 0.25) is 5.91 Å². The maximum atomic E-state index is 12.0. The highest BCUT2D eigenvalue weighted by molar-refractivity contribution is 6.31. The van der Waals surface area contributed by atoms with Crippen LogP contribution in [0.1, 0.15) is 12.0 Å². The summed E-state index contributed by atoms with van der Waals surface area (Å²) in [7, 11) is 0. The molecule has 0 radical (unpaired) electrons. The third-order valence-corrected chi connectivity index (χ3v) is 3.56. The number of halogens is 1. The zero-order valence-electron chi connectivity index (χ0n) is 9.60. The van der Waals surface area contributed by atoms with Crippen LogP contribution in [0.2, 0.25) is 5.02 Å². The van der Waals surface area contributed by atoms with Crippen molar-refractivity contribution in [2.75, 3.05) is 19.7 Å². The predicted molar refractivity (Wildman–Crippen MR) is 66.9 cm³/mol. The molecule has 1 fully saturated rings. The van der Waals surface area contributed by atoms with Crippen LogP contribution in [0, 0.1) is 5.92 Å². The predicted octanol–water partition coefficient (Wildman–Crippen LogP) is 1.72. The number of carbonyl (C=O) groups excluding carboxylic acids is 1. The lowest BCUT2D eigenvalue weighted by atomic mass is 10.1. The van der Waals surface area contributed by atoms with Gasteiger partial charge in [0.05, 0.1) is 6.42 Å². The normalized spacial score (nSPS) is 19.6. The Morgan fingerprint density at radius 3 is 2.88 bits per heavy atom. The Kier molecular flexibility index (Phi) is 4.02. The van der Waals surface area contributed by atoms with E-state index < -0.39 is 0 Å². The van der Waals surface area contributed by atoms with Crippen LogP contribution in [-0.4, -0.2) is 35.6 Å². The van der Waals surface area contributed by atoms with Gasteiger partial charge in [-0.05, 0) is 18.1 Å². The molecule has 1 N–H and O–H groups in total. The molecule has 4 heteroatoms. The van der Waals surface area contributed by atoms with Gasteiger partial charge in [-0.1, -0.05) is 29.8 Å². The zero-order chi connectivity index (χ0) is 12.3. The molecule has 1 saturated heterocycles. The van der Waals surface area contributed by atoms with Crippen molar-refractivity contribution in [2.24, 2.45) is 5.92 Å². The van der Waals surface area contributed by atoms with Gasteiger partial charge in [0, 0.05) is 30.6 Å². The van der Waals surface area contributed by atoms with Gasteiger partial charge in [0.1, 0.15) is 0 Å². The fourth-order valence-corrected chi connectivity index (χ4v) is 2.33. The summed E-state index contributed by atoms with van der Waals surface area (Å²) in [6.45, 7) is 1.57. The number of benzene rings is 1. The van der Waals surface area contributed by atoms with E-state index in [1.165, 1.54) is 0 Å². The van der Waals surface area contributed by atoms with Crippen molar-refractivity contribution in [3.63, 3.8) is 0 Å². The summed E-state index contributed by atoms with van der Waals surface area (Å²) in [5, 5.41) is 9.68. The molecule has 0 unspecified atom stereocenters. The van der Waals surface area contributed by atoms with E-state index in [0.717, 1.165) is 18.5 Å². The molecule has 1 aromatic rings. The van der Waals surface area contributed by atoms with Gasteiger partial charge in [-0.3, -0.25) is 4.79 Å². The van der Waals surface area contributed by atoms with Crippen LogP contribution < -0.4 is 0 Å². The van der Waals surface area contributed by atoms with Crippen LogP contribution >= 0.6 is 11.6 Å². The Labute approximate surface area is 106 Å². The Morgan fingerprint density at radius 1 is 1.47 bits per heavy atom. The van der Waals surface area contributed by atoms with E-state index in [9.17, 15) is 4.79 Å². The molecule has 1 aromatic carbocycles. The number of aliphatic hydroxyl groups excluding tert-OH is 1. The first-order chi connectivity index (χ1) is 8.20. The number of carbonyl (C=O) groups is 1. The van der Waals surface area contributed by atoms with E-state index in [-0.39, 0.29) is 18.4 Å². The van der Waals surface area contributed by atoms with Gasteiger partial charge in [0.15, 0.2) is 0 Å². The second-order valence-electron chi connectivity index (χ2n) is 4.45. The van der Waals surface area contributed by atoms with Crippen LogP contribution in [0.5, 0.6) is 0 Å². The lowest BCUT2D eigenvalue weighted by Crippen LogP contribution is -2.30. The molecule has 2 rings (SSSR count). The quantitative estimate of drug-likeness (QED) is 0.891. The largest absolute Gasteiger partial charge is 0.396 e. The first kappa shape index (κ1) is 12.4. The molecule has 0 saturated carbocycles. The van der Waals surface area contributed by atoms with Gasteiger partial charge >= 0.3 is 0 Å². The molecule has 0 spiro atoms. The first-order valence-electron chi connectivity index (χ1n) is 5.82. The van der Waals surface area contributed by atoms with E-state index in [0.29, 0.717) is 18.0 Å². The Bertz CT molecular complexity index is 408. The van der Waals surface area contributed by atoms with Crippen LogP contribution in [0.4, 0.5) is 0 Å². The number of rotatable bonds is 3. The minimum atomic E-state index is 0.0917. The van der Waals surface area contributed by atoms with Crippen molar-refractivity contribution in [3.8, 4) is 0 Å². The number of hydrogen-bond acceptors (Lipinski definition) is 2. The lowest BCUT2D eigenvalue weighted by Gasteiger charge is -2.16. The number of hydrogen-bond donors (Lipinski definition) is 1. The molecule has 0 aromatic heterocycles. The molecule has 1 aliphatic rings. The number of amides is 1. The molecule has 3 nitrogen and oxygen atoms in total. The number of likely N-dealkylation sites (tertiary alicyclic amines) is 1. The average molecular weight is 254 g/mol. The van der Waals surface area contributed by atoms with Gasteiger partial charge in [-0.2, -0.15) is 0 Å². The first-order valence-corrected chi connectivity index (χ1v) is 6.20. The molecular weight excluding hydrogens is 238 g/mol. The maximum absolute atomic E-state index is 12.0. The molecule has 17 heavy (non-hydrogen) atoms. The van der Waals surface area contributed by atoms with Crippen molar-refractivity contribution in [2.45, 2.75) is 12.8 Å². The van der Waals surface area contributed by atoms with Crippen molar-refractivity contribution in [3.05, 3.63) is 34.9 Å². The fraction of sp³-hybridized carbons (Fsp3) is 0.462. The van der Waals surface area contributed by atoms with Gasteiger partial charge in [0.25, 0.3) is 0 Å². The lowest BCUT2D eigenvalue weighted by molar-refractivity contribution is -0.129. The fourth-order valence-electron chi connectivity index (χ4n) is 2.12. The van der Waals surface area contributed by atoms with E-state index >= 15 is 0 Å². The van der Waals surface area contributed by atoms with Crippen molar-refractivity contribution >= 4 is 17.5 Å². The van der Waals surface area contributed by atoms with Crippen LogP contribution in [0.3, 0.4) is 0 Å². The summed E-state index contributed by atoms with van der Waals surface area (Å²) in [5.74, 6) is 0.333. The molecular formula is C13H16ClNO2. The summed E-state index contributed by atoms with van der Waals surface area (Å²) in [5.41, 5.74) is 0.867. The van der Waals surface area contributed by atoms with Crippen molar-refractivity contribution < 1.29 is 9.90 Å². The van der Waals surface area contributed by atoms with E-state index in [1.54, 1.807) is 6.07 Å². The highest BCUT2D eigenvalue weighted by Crippen LogP contribution is 2.19. The maximum Gasteiger partial charge on any atom is 0.227 e. The number of aliphatic hydroxyl groups is 1. The number of nitrogens with zero attached hydrogens (tertiary/aromatic N) is 1. The Morgan fingerprint density at radius 2 is 2.24 bits per heavy atom. The van der Waals surface area contributed by atoms with E-state index in [1.807, 2.05) is 23.1 Å². The second kappa shape index (κ2) is 5.52. The minimum Gasteiger partial charge on any atom is -0.396 e. The Balaban J connectivity index is 1.96. The van der Waals surface area contributed by atoms with Gasteiger partial charge < -0.3 is 10.0 Å². The van der Waals surface area contributed by atoms with Gasteiger partial charge in [-0.15, -0.1) is 0 Å². The third-order valence-electron chi connectivity index (χ3n) is 3.20. The standard InChI is InChI=1S/C13H16ClNO2/c14-12-4-2-1-3-11(12)7-13(17)15-6-5-10(8-15)9-16/h1-4,10,16H,5-9H2/t10-/m0/s1. The monoisotopic (exact) mass is 253 g/mol. The third kappa shape index (κ3) is 2.99. The smallest absolute Gasteiger partial charge is 0.227 e. The highest BCUT2D eigenvalue weighted by atomic mass is 35.5. The second-order valence-corrected chi connectivity index (χ2v) is 4.85. The molecule has 1 heterocycles. The summed E-state index contributed by atoms with van der Waals surface area (Å²) in [6, 6.07) is 7.41. The zero-order valence-corrected chi connectivity index (χ0v) is 10.4. The van der Waals surface area contributed by atoms with Crippen molar-refractivity contribution in [1.82, 2.24) is 4.90 Å².